The van der Waals surface area contributed by atoms with E-state index in [9.17, 15) is 22.9 Å². The van der Waals surface area contributed by atoms with Crippen molar-refractivity contribution < 1.29 is 17.7 Å². The van der Waals surface area contributed by atoms with Crippen LogP contribution in [-0.2, 0) is 10.0 Å². The Kier molecular flexibility index (Phi) is 4.13. The molecular formula is C17H12FN2O4S. The Hall–Kier alpha value is -3.00. The van der Waals surface area contributed by atoms with Gasteiger partial charge in [0.1, 0.15) is 5.82 Å². The fourth-order valence-corrected chi connectivity index (χ4v) is 3.86. The molecule has 2 aromatic carbocycles. The fourth-order valence-electron chi connectivity index (χ4n) is 2.43. The molecule has 0 bridgehead atoms. The number of benzene rings is 2. The van der Waals surface area contributed by atoms with Crippen LogP contribution in [0.5, 0.6) is 0 Å². The van der Waals surface area contributed by atoms with Gasteiger partial charge in [0, 0.05) is 23.9 Å². The van der Waals surface area contributed by atoms with Gasteiger partial charge in [-0.1, -0.05) is 18.2 Å². The van der Waals surface area contributed by atoms with Gasteiger partial charge >= 0.3 is 0 Å². The summed E-state index contributed by atoms with van der Waals surface area (Å²) < 4.78 is 40.8. The summed E-state index contributed by atoms with van der Waals surface area (Å²) in [7, 11) is -4.16. The molecule has 1 radical (unpaired) electrons. The molecule has 25 heavy (non-hydrogen) atoms. The third-order valence-electron chi connectivity index (χ3n) is 3.58. The highest BCUT2D eigenvalue weighted by molar-refractivity contribution is 7.90. The molecule has 0 unspecified atom stereocenters. The van der Waals surface area contributed by atoms with Crippen molar-refractivity contribution in [2.75, 3.05) is 0 Å². The van der Waals surface area contributed by atoms with Crippen molar-refractivity contribution in [3.05, 3.63) is 89.2 Å². The largest absolute Gasteiger partial charge is 0.270 e. The minimum absolute atomic E-state index is 0.0893. The van der Waals surface area contributed by atoms with Crippen molar-refractivity contribution >= 4 is 15.7 Å². The first-order valence-electron chi connectivity index (χ1n) is 7.10. The third kappa shape index (κ3) is 3.03. The topological polar surface area (TPSA) is 82.2 Å². The Balaban J connectivity index is 2.22. The molecule has 0 spiro atoms. The van der Waals surface area contributed by atoms with Crippen LogP contribution in [0.1, 0.15) is 5.56 Å². The van der Waals surface area contributed by atoms with E-state index in [-0.39, 0.29) is 21.8 Å². The van der Waals surface area contributed by atoms with E-state index < -0.39 is 20.8 Å². The Morgan fingerprint density at radius 1 is 1.08 bits per heavy atom. The first kappa shape index (κ1) is 16.8. The van der Waals surface area contributed by atoms with Gasteiger partial charge in [0.25, 0.3) is 15.7 Å². The molecule has 0 aliphatic carbocycles. The summed E-state index contributed by atoms with van der Waals surface area (Å²) in [4.78, 5) is 9.95. The number of nitro groups is 1. The summed E-state index contributed by atoms with van der Waals surface area (Å²) in [5, 5.41) is 10.9. The lowest BCUT2D eigenvalue weighted by molar-refractivity contribution is -0.385. The van der Waals surface area contributed by atoms with Crippen LogP contribution in [0.3, 0.4) is 0 Å². The van der Waals surface area contributed by atoms with Crippen molar-refractivity contribution in [1.82, 2.24) is 3.97 Å². The molecule has 0 saturated carbocycles. The van der Waals surface area contributed by atoms with Crippen LogP contribution in [0, 0.1) is 22.9 Å². The Bertz CT molecular complexity index is 1070. The van der Waals surface area contributed by atoms with Crippen molar-refractivity contribution in [2.45, 2.75) is 4.90 Å². The van der Waals surface area contributed by atoms with Gasteiger partial charge in [-0.15, -0.1) is 0 Å². The summed E-state index contributed by atoms with van der Waals surface area (Å²) in [5.74, 6) is -0.587. The number of rotatable bonds is 4. The van der Waals surface area contributed by atoms with Crippen LogP contribution in [0.2, 0.25) is 0 Å². The number of hydrogen-bond donors (Lipinski definition) is 0. The van der Waals surface area contributed by atoms with E-state index >= 15 is 0 Å². The first-order chi connectivity index (χ1) is 11.8. The summed E-state index contributed by atoms with van der Waals surface area (Å²) in [6.45, 7) is 3.69. The van der Waals surface area contributed by atoms with E-state index in [0.717, 1.165) is 10.0 Å². The lowest BCUT2D eigenvalue weighted by atomic mass is 10.1. The van der Waals surface area contributed by atoms with E-state index in [0.29, 0.717) is 5.56 Å². The van der Waals surface area contributed by atoms with Gasteiger partial charge in [-0.3, -0.25) is 10.1 Å². The predicted octanol–water partition coefficient (Wildman–Crippen LogP) is 3.62. The summed E-state index contributed by atoms with van der Waals surface area (Å²) >= 11 is 0. The molecule has 3 rings (SSSR count). The Morgan fingerprint density at radius 2 is 1.80 bits per heavy atom. The molecule has 0 atom stereocenters. The predicted molar refractivity (Wildman–Crippen MR) is 90.0 cm³/mol. The zero-order valence-corrected chi connectivity index (χ0v) is 13.6. The summed E-state index contributed by atoms with van der Waals surface area (Å²) in [5.41, 5.74) is 0.198. The first-order valence-corrected chi connectivity index (χ1v) is 8.54. The average molecular weight is 359 g/mol. The van der Waals surface area contributed by atoms with Gasteiger partial charge in [0.15, 0.2) is 0 Å². The molecule has 0 amide bonds. The van der Waals surface area contributed by atoms with Crippen LogP contribution in [-0.4, -0.2) is 17.3 Å². The van der Waals surface area contributed by atoms with Gasteiger partial charge in [-0.05, 0) is 36.8 Å². The molecule has 8 heteroatoms. The maximum Gasteiger partial charge on any atom is 0.270 e. The Labute approximate surface area is 143 Å². The second-order valence-electron chi connectivity index (χ2n) is 5.27. The molecule has 127 valence electrons. The normalized spacial score (nSPS) is 11.4. The van der Waals surface area contributed by atoms with Gasteiger partial charge in [-0.25, -0.2) is 16.8 Å². The fraction of sp³-hybridized carbons (Fsp3) is 0. The monoisotopic (exact) mass is 359 g/mol. The molecule has 1 aromatic heterocycles. The van der Waals surface area contributed by atoms with Gasteiger partial charge in [0.05, 0.1) is 15.5 Å². The molecule has 0 N–H and O–H groups in total. The molecule has 3 aromatic rings. The molecule has 0 fully saturated rings. The molecule has 1 heterocycles. The quantitative estimate of drug-likeness (QED) is 0.526. The van der Waals surface area contributed by atoms with Crippen molar-refractivity contribution in [2.24, 2.45) is 0 Å². The van der Waals surface area contributed by atoms with E-state index in [4.69, 9.17) is 0 Å². The standard InChI is InChI=1S/C17H12FN2O4S/c1-12-9-17(15-7-2-3-8-16(15)18)19(11-12)25(23,24)14-6-4-5-13(10-14)20(21)22/h2-11H,1H2. The van der Waals surface area contributed by atoms with Crippen molar-refractivity contribution in [1.29, 1.82) is 0 Å². The highest BCUT2D eigenvalue weighted by Crippen LogP contribution is 2.29. The number of non-ortho nitro benzene ring substituents is 1. The Morgan fingerprint density at radius 3 is 2.48 bits per heavy atom. The maximum atomic E-state index is 14.1. The van der Waals surface area contributed by atoms with E-state index in [1.807, 2.05) is 0 Å². The van der Waals surface area contributed by atoms with Crippen LogP contribution in [0.25, 0.3) is 11.3 Å². The van der Waals surface area contributed by atoms with E-state index in [1.165, 1.54) is 48.7 Å². The molecule has 6 nitrogen and oxygen atoms in total. The average Bonchev–Trinajstić information content (AvgIpc) is 2.98. The van der Waals surface area contributed by atoms with Crippen LogP contribution >= 0.6 is 0 Å². The molecular weight excluding hydrogens is 347 g/mol. The third-order valence-corrected chi connectivity index (χ3v) is 5.25. The van der Waals surface area contributed by atoms with Gasteiger partial charge < -0.3 is 0 Å². The number of halogens is 1. The number of aromatic nitrogens is 1. The van der Waals surface area contributed by atoms with Crippen molar-refractivity contribution in [3.8, 4) is 11.3 Å². The summed E-state index contributed by atoms with van der Waals surface area (Å²) in [6, 6.07) is 11.9. The van der Waals surface area contributed by atoms with Gasteiger partial charge in [-0.2, -0.15) is 0 Å². The zero-order chi connectivity index (χ0) is 18.2. The number of nitro benzene ring substituents is 1. The molecule has 0 aliphatic heterocycles. The second kappa shape index (κ2) is 6.14. The van der Waals surface area contributed by atoms with Crippen LogP contribution in [0.4, 0.5) is 10.1 Å². The SMILES string of the molecule is [CH2]c1cc(-c2ccccc2F)n(S(=O)(=O)c2cccc([N+](=O)[O-])c2)c1. The summed E-state index contributed by atoms with van der Waals surface area (Å²) in [6.07, 6.45) is 1.25. The zero-order valence-electron chi connectivity index (χ0n) is 12.8. The number of hydrogen-bond acceptors (Lipinski definition) is 4. The lowest BCUT2D eigenvalue weighted by Crippen LogP contribution is -2.13. The van der Waals surface area contributed by atoms with Crippen LogP contribution in [0.15, 0.2) is 65.7 Å². The van der Waals surface area contributed by atoms with Crippen molar-refractivity contribution in [3.63, 3.8) is 0 Å². The number of nitrogens with zero attached hydrogens (tertiary/aromatic N) is 2. The molecule has 0 aliphatic rings. The minimum Gasteiger partial charge on any atom is -0.258 e. The second-order valence-corrected chi connectivity index (χ2v) is 7.08. The van der Waals surface area contributed by atoms with E-state index in [1.54, 1.807) is 6.07 Å². The highest BCUT2D eigenvalue weighted by Gasteiger charge is 2.24. The maximum absolute atomic E-state index is 14.1. The molecule has 0 saturated heterocycles. The van der Waals surface area contributed by atoms with Gasteiger partial charge in [0.2, 0.25) is 0 Å². The highest BCUT2D eigenvalue weighted by atomic mass is 32.2. The smallest absolute Gasteiger partial charge is 0.258 e. The van der Waals surface area contributed by atoms with Crippen LogP contribution < -0.4 is 0 Å². The minimum atomic E-state index is -4.16. The van der Waals surface area contributed by atoms with E-state index in [2.05, 4.69) is 6.92 Å². The lowest BCUT2D eigenvalue weighted by Gasteiger charge is -2.11.